The zero-order valence-corrected chi connectivity index (χ0v) is 9.98. The molecule has 0 aromatic carbocycles. The van der Waals surface area contributed by atoms with Crippen molar-refractivity contribution in [1.82, 2.24) is 4.90 Å². The van der Waals surface area contributed by atoms with Crippen molar-refractivity contribution in [2.24, 2.45) is 5.92 Å². The zero-order valence-electron chi connectivity index (χ0n) is 9.98. The van der Waals surface area contributed by atoms with E-state index in [2.05, 4.69) is 11.5 Å². The van der Waals surface area contributed by atoms with Gasteiger partial charge in [0.25, 0.3) is 0 Å². The van der Waals surface area contributed by atoms with Gasteiger partial charge in [0.1, 0.15) is 0 Å². The molecule has 0 saturated carbocycles. The van der Waals surface area contributed by atoms with Crippen molar-refractivity contribution in [2.75, 3.05) is 39.5 Å². The van der Waals surface area contributed by atoms with Crippen LogP contribution < -0.4 is 0 Å². The summed E-state index contributed by atoms with van der Waals surface area (Å²) >= 11 is 0. The van der Waals surface area contributed by atoms with Crippen molar-refractivity contribution < 1.29 is 14.3 Å². The average Bonchev–Trinajstić information content (AvgIpc) is 2.71. The number of esters is 1. The fourth-order valence-electron chi connectivity index (χ4n) is 1.87. The van der Waals surface area contributed by atoms with Gasteiger partial charge in [-0.2, -0.15) is 0 Å². The highest BCUT2D eigenvalue weighted by Gasteiger charge is 2.20. The predicted octanol–water partition coefficient (Wildman–Crippen LogP) is 1.07. The Morgan fingerprint density at radius 2 is 2.50 bits per heavy atom. The van der Waals surface area contributed by atoms with Gasteiger partial charge >= 0.3 is 5.97 Å². The quantitative estimate of drug-likeness (QED) is 0.482. The van der Waals surface area contributed by atoms with E-state index in [0.29, 0.717) is 19.1 Å². The Balaban J connectivity index is 2.33. The van der Waals surface area contributed by atoms with E-state index in [1.54, 1.807) is 0 Å². The monoisotopic (exact) mass is 227 g/mol. The fourth-order valence-corrected chi connectivity index (χ4v) is 1.87. The lowest BCUT2D eigenvalue weighted by molar-refractivity contribution is -0.144. The molecule has 0 amide bonds. The molecule has 1 aliphatic rings. The van der Waals surface area contributed by atoms with Crippen LogP contribution in [0.1, 0.15) is 13.3 Å². The van der Waals surface area contributed by atoms with Crippen LogP contribution in [0.3, 0.4) is 0 Å². The number of rotatable bonds is 7. The molecular formula is C12H21NO3. The van der Waals surface area contributed by atoms with Gasteiger partial charge in [0.2, 0.25) is 0 Å². The summed E-state index contributed by atoms with van der Waals surface area (Å²) in [4.78, 5) is 13.4. The predicted molar refractivity (Wildman–Crippen MR) is 62.2 cm³/mol. The Morgan fingerprint density at radius 1 is 1.69 bits per heavy atom. The third kappa shape index (κ3) is 4.77. The topological polar surface area (TPSA) is 38.8 Å². The normalized spacial score (nSPS) is 20.0. The molecule has 4 heteroatoms. The highest BCUT2D eigenvalue weighted by molar-refractivity contribution is 5.71. The molecule has 16 heavy (non-hydrogen) atoms. The highest BCUT2D eigenvalue weighted by Crippen LogP contribution is 2.13. The lowest BCUT2D eigenvalue weighted by Gasteiger charge is -2.22. The summed E-state index contributed by atoms with van der Waals surface area (Å²) in [6.45, 7) is 9.54. The number of nitrogens with zero attached hydrogens (tertiary/aromatic N) is 1. The summed E-state index contributed by atoms with van der Waals surface area (Å²) in [5.74, 6) is 0.373. The standard InChI is InChI=1S/C12H21NO3/c1-3-6-13(9-12(14)16-4-2)8-11-5-7-15-10-11/h3,11H,1,4-10H2,2H3. The van der Waals surface area contributed by atoms with Gasteiger partial charge in [-0.05, 0) is 19.3 Å². The molecular weight excluding hydrogens is 206 g/mol. The van der Waals surface area contributed by atoms with Crippen LogP contribution in [0.2, 0.25) is 0 Å². The lowest BCUT2D eigenvalue weighted by Crippen LogP contribution is -2.35. The molecule has 0 aliphatic carbocycles. The summed E-state index contributed by atoms with van der Waals surface area (Å²) in [5.41, 5.74) is 0. The van der Waals surface area contributed by atoms with E-state index < -0.39 is 0 Å². The van der Waals surface area contributed by atoms with Gasteiger partial charge in [-0.1, -0.05) is 6.08 Å². The third-order valence-electron chi connectivity index (χ3n) is 2.59. The van der Waals surface area contributed by atoms with E-state index >= 15 is 0 Å². The number of ether oxygens (including phenoxy) is 2. The van der Waals surface area contributed by atoms with Crippen LogP contribution in [0.5, 0.6) is 0 Å². The summed E-state index contributed by atoms with van der Waals surface area (Å²) < 4.78 is 10.3. The second-order valence-corrected chi connectivity index (χ2v) is 4.02. The maximum atomic E-state index is 11.4. The molecule has 1 atom stereocenters. The van der Waals surface area contributed by atoms with Gasteiger partial charge in [0.15, 0.2) is 0 Å². The smallest absolute Gasteiger partial charge is 0.320 e. The molecule has 0 aromatic heterocycles. The fraction of sp³-hybridized carbons (Fsp3) is 0.750. The largest absolute Gasteiger partial charge is 0.465 e. The third-order valence-corrected chi connectivity index (χ3v) is 2.59. The van der Waals surface area contributed by atoms with E-state index in [-0.39, 0.29) is 5.97 Å². The van der Waals surface area contributed by atoms with Gasteiger partial charge in [-0.25, -0.2) is 0 Å². The van der Waals surface area contributed by atoms with Gasteiger partial charge in [-0.15, -0.1) is 6.58 Å². The summed E-state index contributed by atoms with van der Waals surface area (Å²) in [5, 5.41) is 0. The van der Waals surface area contributed by atoms with Crippen LogP contribution in [-0.4, -0.2) is 50.3 Å². The van der Waals surface area contributed by atoms with Gasteiger partial charge in [0.05, 0.1) is 19.8 Å². The number of hydrogen-bond acceptors (Lipinski definition) is 4. The van der Waals surface area contributed by atoms with Crippen LogP contribution in [0.15, 0.2) is 12.7 Å². The Bertz CT molecular complexity index is 224. The van der Waals surface area contributed by atoms with E-state index in [0.717, 1.165) is 32.7 Å². The Labute approximate surface area is 97.2 Å². The molecule has 1 saturated heterocycles. The van der Waals surface area contributed by atoms with E-state index in [4.69, 9.17) is 9.47 Å². The minimum absolute atomic E-state index is 0.164. The number of carbonyl (C=O) groups is 1. The molecule has 4 nitrogen and oxygen atoms in total. The second kappa shape index (κ2) is 7.41. The van der Waals surface area contributed by atoms with Crippen molar-refractivity contribution in [1.29, 1.82) is 0 Å². The molecule has 92 valence electrons. The second-order valence-electron chi connectivity index (χ2n) is 4.02. The molecule has 0 bridgehead atoms. The SMILES string of the molecule is C=CCN(CC(=O)OCC)CC1CCOC1. The van der Waals surface area contributed by atoms with Gasteiger partial charge < -0.3 is 9.47 Å². The van der Waals surface area contributed by atoms with Crippen molar-refractivity contribution in [2.45, 2.75) is 13.3 Å². The average molecular weight is 227 g/mol. The van der Waals surface area contributed by atoms with Crippen molar-refractivity contribution in [3.05, 3.63) is 12.7 Å². The van der Waals surface area contributed by atoms with E-state index in [1.165, 1.54) is 0 Å². The van der Waals surface area contributed by atoms with Crippen LogP contribution >= 0.6 is 0 Å². The molecule has 1 rings (SSSR count). The number of carbonyl (C=O) groups excluding carboxylic acids is 1. The first kappa shape index (κ1) is 13.2. The molecule has 0 spiro atoms. The molecule has 0 aromatic rings. The molecule has 1 aliphatic heterocycles. The minimum atomic E-state index is -0.164. The first-order chi connectivity index (χ1) is 7.76. The van der Waals surface area contributed by atoms with E-state index in [1.807, 2.05) is 13.0 Å². The Hall–Kier alpha value is -0.870. The van der Waals surface area contributed by atoms with Crippen molar-refractivity contribution in [3.63, 3.8) is 0 Å². The first-order valence-corrected chi connectivity index (χ1v) is 5.82. The minimum Gasteiger partial charge on any atom is -0.465 e. The molecule has 0 N–H and O–H groups in total. The summed E-state index contributed by atoms with van der Waals surface area (Å²) in [7, 11) is 0. The molecule has 1 fully saturated rings. The maximum absolute atomic E-state index is 11.4. The van der Waals surface area contributed by atoms with Crippen molar-refractivity contribution >= 4 is 5.97 Å². The van der Waals surface area contributed by atoms with Gasteiger partial charge in [-0.3, -0.25) is 9.69 Å². The summed E-state index contributed by atoms with van der Waals surface area (Å²) in [6, 6.07) is 0. The first-order valence-electron chi connectivity index (χ1n) is 5.82. The van der Waals surface area contributed by atoms with Crippen molar-refractivity contribution in [3.8, 4) is 0 Å². The van der Waals surface area contributed by atoms with Crippen LogP contribution in [0, 0.1) is 5.92 Å². The molecule has 1 unspecified atom stereocenters. The lowest BCUT2D eigenvalue weighted by atomic mass is 10.1. The Kier molecular flexibility index (Phi) is 6.11. The maximum Gasteiger partial charge on any atom is 0.320 e. The van der Waals surface area contributed by atoms with Crippen LogP contribution in [0.25, 0.3) is 0 Å². The van der Waals surface area contributed by atoms with E-state index in [9.17, 15) is 4.79 Å². The van der Waals surface area contributed by atoms with Crippen LogP contribution in [0.4, 0.5) is 0 Å². The molecule has 1 heterocycles. The Morgan fingerprint density at radius 3 is 3.06 bits per heavy atom. The zero-order chi connectivity index (χ0) is 11.8. The van der Waals surface area contributed by atoms with Gasteiger partial charge in [0, 0.05) is 19.7 Å². The summed E-state index contributed by atoms with van der Waals surface area (Å²) in [6.07, 6.45) is 2.89. The van der Waals surface area contributed by atoms with Crippen LogP contribution in [-0.2, 0) is 14.3 Å². The molecule has 0 radical (unpaired) electrons. The number of hydrogen-bond donors (Lipinski definition) is 0. The highest BCUT2D eigenvalue weighted by atomic mass is 16.5.